The van der Waals surface area contributed by atoms with Crippen molar-refractivity contribution in [2.45, 2.75) is 50.0 Å². The smallest absolute Gasteiger partial charge is 0.330 e. The van der Waals surface area contributed by atoms with Gasteiger partial charge in [-0.1, -0.05) is 6.07 Å². The van der Waals surface area contributed by atoms with Gasteiger partial charge in [-0.3, -0.25) is 4.79 Å². The van der Waals surface area contributed by atoms with Crippen LogP contribution >= 0.6 is 0 Å². The third-order valence-corrected chi connectivity index (χ3v) is 7.23. The van der Waals surface area contributed by atoms with Gasteiger partial charge >= 0.3 is 12.2 Å². The number of halogens is 3. The summed E-state index contributed by atoms with van der Waals surface area (Å²) in [4.78, 5) is 24.6. The standard InChI is InChI=1S/C18H20F3N3O4S/c19-18(20,21)9-24-8-14(16(24)25)29(27,28)23-17(26)22-15-12-5-1-3-10(12)7-11-4-2-6-13(11)15/h7,14H,1-6,8-9H2,(H2,22,23,26). The SMILES string of the molecule is O=C(Nc1c2c(cc3c1CCC3)CCC2)NS(=O)(=O)C1CN(CC(F)(F)F)C1=O. The number of nitrogens with one attached hydrogen (secondary N) is 2. The molecule has 0 aromatic heterocycles. The fourth-order valence-electron chi connectivity index (χ4n) is 4.36. The summed E-state index contributed by atoms with van der Waals surface area (Å²) in [5.41, 5.74) is 4.96. The van der Waals surface area contributed by atoms with E-state index in [9.17, 15) is 31.2 Å². The van der Waals surface area contributed by atoms with Crippen LogP contribution in [0, 0.1) is 0 Å². The Morgan fingerprint density at radius 2 is 1.69 bits per heavy atom. The molecule has 2 aliphatic carbocycles. The number of sulfonamides is 1. The van der Waals surface area contributed by atoms with Crippen LogP contribution in [0.4, 0.5) is 23.7 Å². The van der Waals surface area contributed by atoms with Gasteiger partial charge in [-0.2, -0.15) is 13.2 Å². The lowest BCUT2D eigenvalue weighted by atomic mass is 9.99. The Balaban J connectivity index is 1.46. The number of fused-ring (bicyclic) bond motifs is 2. The molecule has 0 saturated carbocycles. The molecule has 0 spiro atoms. The summed E-state index contributed by atoms with van der Waals surface area (Å²) in [6.45, 7) is -2.11. The first-order valence-electron chi connectivity index (χ1n) is 9.40. The van der Waals surface area contributed by atoms with E-state index in [2.05, 4.69) is 11.4 Å². The van der Waals surface area contributed by atoms with E-state index < -0.39 is 46.5 Å². The second kappa shape index (κ2) is 6.89. The molecule has 29 heavy (non-hydrogen) atoms. The quantitative estimate of drug-likeness (QED) is 0.712. The summed E-state index contributed by atoms with van der Waals surface area (Å²) in [6, 6.07) is 1.16. The highest BCUT2D eigenvalue weighted by Gasteiger charge is 2.50. The Bertz CT molecular complexity index is 959. The number of alkyl halides is 3. The summed E-state index contributed by atoms with van der Waals surface area (Å²) in [6.07, 6.45) is 0.697. The van der Waals surface area contributed by atoms with Crippen LogP contribution in [0.1, 0.15) is 35.1 Å². The molecule has 1 aliphatic heterocycles. The number of aryl methyl sites for hydroxylation is 2. The summed E-state index contributed by atoms with van der Waals surface area (Å²) < 4.78 is 63.5. The molecule has 4 rings (SSSR count). The van der Waals surface area contributed by atoms with Gasteiger partial charge in [0, 0.05) is 12.2 Å². The lowest BCUT2D eigenvalue weighted by molar-refractivity contribution is -0.169. The highest BCUT2D eigenvalue weighted by Crippen LogP contribution is 2.38. The van der Waals surface area contributed by atoms with Gasteiger partial charge in [0.15, 0.2) is 5.25 Å². The van der Waals surface area contributed by atoms with Crippen LogP contribution in [-0.2, 0) is 40.5 Å². The zero-order valence-electron chi connectivity index (χ0n) is 15.4. The van der Waals surface area contributed by atoms with E-state index in [1.54, 1.807) is 4.72 Å². The van der Waals surface area contributed by atoms with Crippen molar-refractivity contribution in [3.05, 3.63) is 28.3 Å². The van der Waals surface area contributed by atoms with Crippen LogP contribution < -0.4 is 10.0 Å². The van der Waals surface area contributed by atoms with Crippen LogP contribution in [0.2, 0.25) is 0 Å². The number of carbonyl (C=O) groups is 2. The maximum atomic E-state index is 12.4. The minimum atomic E-state index is -4.61. The third kappa shape index (κ3) is 3.79. The lowest BCUT2D eigenvalue weighted by Gasteiger charge is -2.37. The Kier molecular flexibility index (Phi) is 4.75. The van der Waals surface area contributed by atoms with Crippen molar-refractivity contribution in [3.63, 3.8) is 0 Å². The Labute approximate surface area is 165 Å². The number of nitrogens with zero attached hydrogens (tertiary/aromatic N) is 1. The van der Waals surface area contributed by atoms with Gasteiger partial charge in [0.1, 0.15) is 6.54 Å². The number of β-lactam (4-membered cyclic amide) rings is 1. The van der Waals surface area contributed by atoms with Crippen molar-refractivity contribution in [3.8, 4) is 0 Å². The number of benzene rings is 1. The van der Waals surface area contributed by atoms with Gasteiger partial charge in [0.05, 0.1) is 0 Å². The number of urea groups is 1. The Morgan fingerprint density at radius 3 is 2.21 bits per heavy atom. The maximum absolute atomic E-state index is 12.4. The summed E-state index contributed by atoms with van der Waals surface area (Å²) in [7, 11) is -4.43. The second-order valence-electron chi connectivity index (χ2n) is 7.66. The second-order valence-corrected chi connectivity index (χ2v) is 9.52. The van der Waals surface area contributed by atoms with E-state index in [0.717, 1.165) is 60.8 Å². The zero-order valence-corrected chi connectivity index (χ0v) is 16.3. The van der Waals surface area contributed by atoms with Crippen molar-refractivity contribution >= 4 is 27.6 Å². The number of rotatable bonds is 4. The van der Waals surface area contributed by atoms with E-state index in [1.807, 2.05) is 0 Å². The molecule has 1 aromatic rings. The van der Waals surface area contributed by atoms with Gasteiger partial charge in [-0.15, -0.1) is 0 Å². The van der Waals surface area contributed by atoms with Crippen molar-refractivity contribution in [1.82, 2.24) is 9.62 Å². The Hall–Kier alpha value is -2.30. The molecule has 1 fully saturated rings. The molecule has 158 valence electrons. The average Bonchev–Trinajstić information content (AvgIpc) is 3.25. The predicted molar refractivity (Wildman–Crippen MR) is 98.0 cm³/mol. The van der Waals surface area contributed by atoms with Gasteiger partial charge in [-0.25, -0.2) is 17.9 Å². The predicted octanol–water partition coefficient (Wildman–Crippen LogP) is 1.89. The molecule has 3 amide bonds. The summed E-state index contributed by atoms with van der Waals surface area (Å²) >= 11 is 0. The number of likely N-dealkylation sites (tertiary alicyclic amines) is 1. The molecule has 1 unspecified atom stereocenters. The number of hydrogen-bond donors (Lipinski definition) is 2. The van der Waals surface area contributed by atoms with Gasteiger partial charge in [-0.05, 0) is 60.8 Å². The van der Waals surface area contributed by atoms with Crippen LogP contribution in [0.5, 0.6) is 0 Å². The first kappa shape index (κ1) is 20.0. The normalized spacial score (nSPS) is 20.9. The van der Waals surface area contributed by atoms with E-state index in [0.29, 0.717) is 10.6 Å². The van der Waals surface area contributed by atoms with Crippen molar-refractivity contribution in [2.75, 3.05) is 18.4 Å². The largest absolute Gasteiger partial charge is 0.406 e. The number of amides is 3. The van der Waals surface area contributed by atoms with Crippen molar-refractivity contribution in [1.29, 1.82) is 0 Å². The summed E-state index contributed by atoms with van der Waals surface area (Å²) in [5.74, 6) is -1.16. The highest BCUT2D eigenvalue weighted by molar-refractivity contribution is 7.91. The van der Waals surface area contributed by atoms with E-state index in [-0.39, 0.29) is 0 Å². The number of anilines is 1. The molecular formula is C18H20F3N3O4S. The van der Waals surface area contributed by atoms with Crippen LogP contribution in [0.15, 0.2) is 6.07 Å². The van der Waals surface area contributed by atoms with Gasteiger partial charge < -0.3 is 10.2 Å². The van der Waals surface area contributed by atoms with Gasteiger partial charge in [0.25, 0.3) is 0 Å². The molecule has 1 aromatic carbocycles. The van der Waals surface area contributed by atoms with E-state index in [1.165, 1.54) is 0 Å². The monoisotopic (exact) mass is 431 g/mol. The molecule has 0 bridgehead atoms. The highest BCUT2D eigenvalue weighted by atomic mass is 32.2. The first-order chi connectivity index (χ1) is 13.5. The van der Waals surface area contributed by atoms with Crippen molar-refractivity contribution < 1.29 is 31.2 Å². The van der Waals surface area contributed by atoms with Gasteiger partial charge in [0.2, 0.25) is 15.9 Å². The topological polar surface area (TPSA) is 95.6 Å². The van der Waals surface area contributed by atoms with E-state index in [4.69, 9.17) is 0 Å². The number of carbonyl (C=O) groups excluding carboxylic acids is 2. The first-order valence-corrected chi connectivity index (χ1v) is 10.9. The molecular weight excluding hydrogens is 411 g/mol. The fourth-order valence-corrected chi connectivity index (χ4v) is 5.60. The van der Waals surface area contributed by atoms with E-state index >= 15 is 0 Å². The minimum absolute atomic E-state index is 0.402. The summed E-state index contributed by atoms with van der Waals surface area (Å²) in [5, 5.41) is 0.940. The van der Waals surface area contributed by atoms with Crippen LogP contribution in [-0.4, -0.2) is 49.8 Å². The Morgan fingerprint density at radius 1 is 1.10 bits per heavy atom. The van der Waals surface area contributed by atoms with Crippen LogP contribution in [0.25, 0.3) is 0 Å². The fraction of sp³-hybridized carbons (Fsp3) is 0.556. The molecule has 11 heteroatoms. The molecule has 0 radical (unpaired) electrons. The number of hydrogen-bond acceptors (Lipinski definition) is 4. The molecule has 1 atom stereocenters. The molecule has 3 aliphatic rings. The third-order valence-electron chi connectivity index (χ3n) is 5.66. The van der Waals surface area contributed by atoms with Crippen molar-refractivity contribution in [2.24, 2.45) is 0 Å². The minimum Gasteiger partial charge on any atom is -0.330 e. The molecule has 1 saturated heterocycles. The zero-order chi connectivity index (χ0) is 21.0. The average molecular weight is 431 g/mol. The molecule has 2 N–H and O–H groups in total. The van der Waals surface area contributed by atoms with Crippen LogP contribution in [0.3, 0.4) is 0 Å². The lowest BCUT2D eigenvalue weighted by Crippen LogP contribution is -2.64. The maximum Gasteiger partial charge on any atom is 0.406 e. The molecule has 7 nitrogen and oxygen atoms in total. The molecule has 1 heterocycles.